The lowest BCUT2D eigenvalue weighted by molar-refractivity contribution is 0.390. The molecule has 3 aliphatic rings. The summed E-state index contributed by atoms with van der Waals surface area (Å²) in [5, 5.41) is 0. The van der Waals surface area contributed by atoms with Gasteiger partial charge in [-0.15, -0.1) is 0 Å². The minimum Gasteiger partial charge on any atom is -0.208 e. The molecule has 1 N–H and O–H groups in total. The van der Waals surface area contributed by atoms with Crippen LogP contribution in [-0.4, -0.2) is 40.3 Å². The van der Waals surface area contributed by atoms with E-state index in [-0.39, 0.29) is 15.8 Å². The second kappa shape index (κ2) is 6.33. The van der Waals surface area contributed by atoms with Crippen molar-refractivity contribution in [3.05, 3.63) is 24.3 Å². The normalized spacial score (nSPS) is 30.2. The van der Waals surface area contributed by atoms with Gasteiger partial charge in [0, 0.05) is 19.1 Å². The van der Waals surface area contributed by atoms with Crippen molar-refractivity contribution < 1.29 is 16.8 Å². The molecule has 2 saturated carbocycles. The molecule has 1 saturated heterocycles. The smallest absolute Gasteiger partial charge is 0.208 e. The highest BCUT2D eigenvalue weighted by molar-refractivity contribution is 7.89. The van der Waals surface area contributed by atoms with E-state index >= 15 is 0 Å². The lowest BCUT2D eigenvalue weighted by Crippen LogP contribution is -2.38. The third-order valence-electron chi connectivity index (χ3n) is 5.88. The molecule has 0 spiro atoms. The van der Waals surface area contributed by atoms with Crippen LogP contribution >= 0.6 is 0 Å². The molecule has 0 amide bonds. The first kappa shape index (κ1) is 17.5. The minimum absolute atomic E-state index is 0.0248. The molecule has 1 aromatic carbocycles. The maximum absolute atomic E-state index is 12.6. The lowest BCUT2D eigenvalue weighted by Gasteiger charge is -2.22. The average molecular weight is 385 g/mol. The number of nitrogens with zero attached hydrogens (tertiary/aromatic N) is 1. The van der Waals surface area contributed by atoms with Crippen molar-refractivity contribution in [2.75, 3.05) is 13.1 Å². The van der Waals surface area contributed by atoms with Gasteiger partial charge in [-0.25, -0.2) is 21.6 Å². The largest absolute Gasteiger partial charge is 0.243 e. The molecule has 0 radical (unpaired) electrons. The van der Waals surface area contributed by atoms with Crippen molar-refractivity contribution in [3.63, 3.8) is 0 Å². The molecule has 3 fully saturated rings. The van der Waals surface area contributed by atoms with E-state index in [0.717, 1.165) is 32.1 Å². The number of benzene rings is 1. The topological polar surface area (TPSA) is 83.5 Å². The Bertz CT molecular complexity index is 843. The molecule has 2 bridgehead atoms. The zero-order chi connectivity index (χ0) is 17.7. The molecule has 1 heterocycles. The van der Waals surface area contributed by atoms with E-state index in [2.05, 4.69) is 4.72 Å². The fraction of sp³-hybridized carbons (Fsp3) is 0.647. The Morgan fingerprint density at radius 2 is 1.52 bits per heavy atom. The quantitative estimate of drug-likeness (QED) is 0.841. The molecule has 2 aliphatic carbocycles. The molecule has 0 aromatic heterocycles. The van der Waals surface area contributed by atoms with Crippen molar-refractivity contribution in [1.29, 1.82) is 0 Å². The van der Waals surface area contributed by atoms with Crippen LogP contribution in [0.4, 0.5) is 0 Å². The molecule has 3 atom stereocenters. The van der Waals surface area contributed by atoms with Gasteiger partial charge in [0.15, 0.2) is 0 Å². The third kappa shape index (κ3) is 3.25. The van der Waals surface area contributed by atoms with E-state index in [1.807, 2.05) is 0 Å². The van der Waals surface area contributed by atoms with Gasteiger partial charge in [-0.2, -0.15) is 4.31 Å². The summed E-state index contributed by atoms with van der Waals surface area (Å²) in [5.74, 6) is 1.11. The molecule has 6 nitrogen and oxygen atoms in total. The van der Waals surface area contributed by atoms with E-state index in [4.69, 9.17) is 0 Å². The Balaban J connectivity index is 1.51. The second-order valence-electron chi connectivity index (χ2n) is 7.49. The van der Waals surface area contributed by atoms with Crippen LogP contribution in [0.15, 0.2) is 34.1 Å². The summed E-state index contributed by atoms with van der Waals surface area (Å²) in [7, 11) is -7.12. The van der Waals surface area contributed by atoms with Crippen LogP contribution in [0.3, 0.4) is 0 Å². The summed E-state index contributed by atoms with van der Waals surface area (Å²) in [4.78, 5) is 0.295. The van der Waals surface area contributed by atoms with Crippen molar-refractivity contribution in [2.45, 2.75) is 54.4 Å². The minimum atomic E-state index is -3.61. The van der Waals surface area contributed by atoms with Crippen LogP contribution in [0.5, 0.6) is 0 Å². The van der Waals surface area contributed by atoms with Crippen LogP contribution < -0.4 is 4.72 Å². The van der Waals surface area contributed by atoms with Crippen LogP contribution in [0, 0.1) is 11.8 Å². The Labute approximate surface area is 149 Å². The molecule has 4 rings (SSSR count). The van der Waals surface area contributed by atoms with E-state index in [1.165, 1.54) is 35.0 Å². The lowest BCUT2D eigenvalue weighted by atomic mass is 9.96. The number of hydrogen-bond donors (Lipinski definition) is 1. The molecule has 0 unspecified atom stereocenters. The summed E-state index contributed by atoms with van der Waals surface area (Å²) in [5.41, 5.74) is 0. The van der Waals surface area contributed by atoms with Crippen LogP contribution in [0.1, 0.15) is 38.5 Å². The van der Waals surface area contributed by atoms with E-state index in [0.29, 0.717) is 24.9 Å². The number of rotatable bonds is 5. The summed E-state index contributed by atoms with van der Waals surface area (Å²) >= 11 is 0. The molecular formula is C17H24N2O4S2. The SMILES string of the molecule is O=S(=O)(N[C@@H]1C[C@H]2CC[C@H]1C2)c1ccc(S(=O)(=O)N2CCCC2)cc1. The first-order valence-electron chi connectivity index (χ1n) is 8.99. The Morgan fingerprint density at radius 3 is 2.08 bits per heavy atom. The highest BCUT2D eigenvalue weighted by Crippen LogP contribution is 2.44. The molecule has 8 heteroatoms. The maximum atomic E-state index is 12.6. The first-order chi connectivity index (χ1) is 11.9. The van der Waals surface area contributed by atoms with Gasteiger partial charge in [-0.05, 0) is 68.2 Å². The Morgan fingerprint density at radius 1 is 0.880 bits per heavy atom. The first-order valence-corrected chi connectivity index (χ1v) is 11.9. The summed E-state index contributed by atoms with van der Waals surface area (Å²) in [6, 6.07) is 5.64. The average Bonchev–Trinajstić information content (AvgIpc) is 3.32. The highest BCUT2D eigenvalue weighted by Gasteiger charge is 2.41. The number of fused-ring (bicyclic) bond motifs is 2. The van der Waals surface area contributed by atoms with Gasteiger partial charge in [0.05, 0.1) is 9.79 Å². The van der Waals surface area contributed by atoms with Gasteiger partial charge in [0.2, 0.25) is 20.0 Å². The van der Waals surface area contributed by atoms with Gasteiger partial charge in [-0.1, -0.05) is 6.42 Å². The molecule has 1 aliphatic heterocycles. The van der Waals surface area contributed by atoms with Crippen LogP contribution in [0.2, 0.25) is 0 Å². The van der Waals surface area contributed by atoms with E-state index < -0.39 is 20.0 Å². The predicted molar refractivity (Wildman–Crippen MR) is 94.0 cm³/mol. The summed E-state index contributed by atoms with van der Waals surface area (Å²) in [6.45, 7) is 1.07. The standard InChI is InChI=1S/C17H24N2O4S2/c20-24(21,18-17-12-13-3-4-14(17)11-13)15-5-7-16(8-6-15)25(22,23)19-9-1-2-10-19/h5-8,13-14,17-18H,1-4,9-12H2/t13-,14-,17+/m0/s1. The molecule has 138 valence electrons. The van der Waals surface area contributed by atoms with Gasteiger partial charge in [0.1, 0.15) is 0 Å². The summed E-state index contributed by atoms with van der Waals surface area (Å²) < 4.78 is 54.6. The molecular weight excluding hydrogens is 360 g/mol. The fourth-order valence-corrected chi connectivity index (χ4v) is 7.36. The van der Waals surface area contributed by atoms with Crippen molar-refractivity contribution in [1.82, 2.24) is 9.03 Å². The fourth-order valence-electron chi connectivity index (χ4n) is 4.52. The Kier molecular flexibility index (Phi) is 4.42. The van der Waals surface area contributed by atoms with Gasteiger partial charge >= 0.3 is 0 Å². The van der Waals surface area contributed by atoms with Crippen LogP contribution in [-0.2, 0) is 20.0 Å². The highest BCUT2D eigenvalue weighted by atomic mass is 32.2. The second-order valence-corrected chi connectivity index (χ2v) is 11.1. The Hall–Kier alpha value is -0.960. The van der Waals surface area contributed by atoms with E-state index in [9.17, 15) is 16.8 Å². The van der Waals surface area contributed by atoms with Gasteiger partial charge in [-0.3, -0.25) is 0 Å². The van der Waals surface area contributed by atoms with Gasteiger partial charge < -0.3 is 0 Å². The molecule has 1 aromatic rings. The predicted octanol–water partition coefficient (Wildman–Crippen LogP) is 1.94. The van der Waals surface area contributed by atoms with Gasteiger partial charge in [0.25, 0.3) is 0 Å². The number of nitrogens with one attached hydrogen (secondary N) is 1. The zero-order valence-corrected chi connectivity index (χ0v) is 15.7. The van der Waals surface area contributed by atoms with Crippen molar-refractivity contribution in [2.24, 2.45) is 11.8 Å². The number of sulfonamides is 2. The third-order valence-corrected chi connectivity index (χ3v) is 9.30. The van der Waals surface area contributed by atoms with Crippen molar-refractivity contribution in [3.8, 4) is 0 Å². The maximum Gasteiger partial charge on any atom is 0.243 e. The van der Waals surface area contributed by atoms with Crippen LogP contribution in [0.25, 0.3) is 0 Å². The van der Waals surface area contributed by atoms with E-state index in [1.54, 1.807) is 0 Å². The number of hydrogen-bond acceptors (Lipinski definition) is 4. The molecule has 25 heavy (non-hydrogen) atoms. The zero-order valence-electron chi connectivity index (χ0n) is 14.1. The van der Waals surface area contributed by atoms with Crippen molar-refractivity contribution >= 4 is 20.0 Å². The monoisotopic (exact) mass is 384 g/mol. The summed E-state index contributed by atoms with van der Waals surface area (Å²) in [6.07, 6.45) is 6.11.